The van der Waals surface area contributed by atoms with Crippen molar-refractivity contribution in [3.8, 4) is 5.88 Å². The molecule has 0 aliphatic rings. The average Bonchev–Trinajstić information content (AvgIpc) is 2.01. The molecule has 0 spiro atoms. The molecule has 0 saturated carbocycles. The Labute approximate surface area is 88.5 Å². The molecule has 0 aromatic carbocycles. The van der Waals surface area contributed by atoms with Crippen molar-refractivity contribution in [2.75, 3.05) is 7.11 Å². The van der Waals surface area contributed by atoms with Gasteiger partial charge in [-0.25, -0.2) is 13.8 Å². The molecule has 13 heavy (non-hydrogen) atoms. The maximum absolute atomic E-state index is 12.5. The van der Waals surface area contributed by atoms with Crippen LogP contribution < -0.4 is 4.74 Å². The lowest BCUT2D eigenvalue weighted by Gasteiger charge is -2.09. The van der Waals surface area contributed by atoms with E-state index in [1.54, 1.807) is 13.0 Å². The van der Waals surface area contributed by atoms with Crippen molar-refractivity contribution < 1.29 is 13.5 Å². The molecule has 1 aromatic rings. The lowest BCUT2D eigenvalue weighted by atomic mass is 10.1. The van der Waals surface area contributed by atoms with Crippen LogP contribution in [0.3, 0.4) is 0 Å². The highest BCUT2D eigenvalue weighted by atomic mass is 127. The highest BCUT2D eigenvalue weighted by Gasteiger charge is 2.18. The van der Waals surface area contributed by atoms with Crippen molar-refractivity contribution in [1.29, 1.82) is 0 Å². The summed E-state index contributed by atoms with van der Waals surface area (Å²) in [7, 11) is 1.34. The number of nitrogens with zero attached hydrogens (tertiary/aromatic N) is 1. The molecule has 0 bridgehead atoms. The second-order valence-electron chi connectivity index (χ2n) is 2.49. The third kappa shape index (κ3) is 2.26. The number of halogens is 3. The summed E-state index contributed by atoms with van der Waals surface area (Å²) in [4.78, 5) is 3.86. The molecule has 0 N–H and O–H groups in total. The summed E-state index contributed by atoms with van der Waals surface area (Å²) in [6, 6.07) is 1.60. The number of aromatic nitrogens is 1. The quantitative estimate of drug-likeness (QED) is 0.619. The number of hydrogen-bond donors (Lipinski definition) is 0. The number of alkyl halides is 2. The van der Waals surface area contributed by atoms with E-state index >= 15 is 0 Å². The molecule has 0 aliphatic carbocycles. The molecule has 1 aromatic heterocycles. The Morgan fingerprint density at radius 1 is 1.54 bits per heavy atom. The molecular weight excluding hydrogens is 291 g/mol. The van der Waals surface area contributed by atoms with E-state index in [0.717, 1.165) is 0 Å². The van der Waals surface area contributed by atoms with Gasteiger partial charge in [0.25, 0.3) is 6.43 Å². The normalized spacial score (nSPS) is 10.6. The fourth-order valence-electron chi connectivity index (χ4n) is 1.04. The smallest absolute Gasteiger partial charge is 0.269 e. The summed E-state index contributed by atoms with van der Waals surface area (Å²) in [6.45, 7) is 1.62. The topological polar surface area (TPSA) is 22.1 Å². The zero-order valence-electron chi connectivity index (χ0n) is 7.14. The maximum atomic E-state index is 12.5. The number of methoxy groups -OCH3 is 1. The molecule has 0 saturated heterocycles. The molecule has 0 atom stereocenters. The Bertz CT molecular complexity index is 317. The van der Waals surface area contributed by atoms with Crippen LogP contribution in [0, 0.1) is 10.6 Å². The van der Waals surface area contributed by atoms with Gasteiger partial charge < -0.3 is 4.74 Å². The standard InChI is InChI=1S/C8H8F2INO/c1-4-3-5(11)12-8(13-2)6(4)7(9)10/h3,7H,1-2H3. The van der Waals surface area contributed by atoms with Crippen molar-refractivity contribution in [1.82, 2.24) is 4.98 Å². The van der Waals surface area contributed by atoms with Gasteiger partial charge in [-0.1, -0.05) is 0 Å². The van der Waals surface area contributed by atoms with Crippen LogP contribution in [-0.4, -0.2) is 12.1 Å². The van der Waals surface area contributed by atoms with Crippen LogP contribution in [0.4, 0.5) is 8.78 Å². The number of pyridine rings is 1. The van der Waals surface area contributed by atoms with Crippen molar-refractivity contribution in [2.45, 2.75) is 13.3 Å². The maximum Gasteiger partial charge on any atom is 0.269 e. The van der Waals surface area contributed by atoms with E-state index < -0.39 is 6.43 Å². The Morgan fingerprint density at radius 2 is 2.15 bits per heavy atom. The molecule has 5 heteroatoms. The van der Waals surface area contributed by atoms with Crippen LogP contribution >= 0.6 is 22.6 Å². The van der Waals surface area contributed by atoms with E-state index in [4.69, 9.17) is 4.74 Å². The summed E-state index contributed by atoms with van der Waals surface area (Å²) in [5.74, 6) is 0.0133. The van der Waals surface area contributed by atoms with Crippen LogP contribution in [-0.2, 0) is 0 Å². The van der Waals surface area contributed by atoms with Crippen molar-refractivity contribution in [3.05, 3.63) is 20.9 Å². The predicted octanol–water partition coefficient (Wildman–Crippen LogP) is 2.94. The van der Waals surface area contributed by atoms with Crippen LogP contribution in [0.15, 0.2) is 6.07 Å². The van der Waals surface area contributed by atoms with Gasteiger partial charge >= 0.3 is 0 Å². The summed E-state index contributed by atoms with van der Waals surface area (Å²) < 4.78 is 30.4. The number of ether oxygens (including phenoxy) is 1. The lowest BCUT2D eigenvalue weighted by molar-refractivity contribution is 0.145. The average molecular weight is 299 g/mol. The van der Waals surface area contributed by atoms with E-state index in [9.17, 15) is 8.78 Å². The fraction of sp³-hybridized carbons (Fsp3) is 0.375. The SMILES string of the molecule is COc1nc(I)cc(C)c1C(F)F. The summed E-state index contributed by atoms with van der Waals surface area (Å²) in [5, 5.41) is 0. The van der Waals surface area contributed by atoms with E-state index in [2.05, 4.69) is 4.98 Å². The van der Waals surface area contributed by atoms with Crippen LogP contribution in [0.2, 0.25) is 0 Å². The Balaban J connectivity index is 3.30. The third-order valence-corrected chi connectivity index (χ3v) is 2.16. The summed E-state index contributed by atoms with van der Waals surface area (Å²) in [5.41, 5.74) is 0.383. The highest BCUT2D eigenvalue weighted by Crippen LogP contribution is 2.30. The Hall–Kier alpha value is -0.460. The molecule has 1 rings (SSSR count). The zero-order chi connectivity index (χ0) is 10.0. The molecule has 0 fully saturated rings. The Kier molecular flexibility index (Phi) is 3.40. The summed E-state index contributed by atoms with van der Waals surface area (Å²) in [6.07, 6.45) is -2.54. The van der Waals surface area contributed by atoms with Crippen molar-refractivity contribution >= 4 is 22.6 Å². The van der Waals surface area contributed by atoms with Gasteiger partial charge in [-0.05, 0) is 41.1 Å². The molecule has 0 amide bonds. The zero-order valence-corrected chi connectivity index (χ0v) is 9.30. The lowest BCUT2D eigenvalue weighted by Crippen LogP contribution is -2.00. The molecule has 72 valence electrons. The van der Waals surface area contributed by atoms with Crippen LogP contribution in [0.1, 0.15) is 17.6 Å². The largest absolute Gasteiger partial charge is 0.481 e. The van der Waals surface area contributed by atoms with Crippen LogP contribution in [0.5, 0.6) is 5.88 Å². The molecule has 1 heterocycles. The first-order valence-electron chi connectivity index (χ1n) is 3.55. The number of aryl methyl sites for hydroxylation is 1. The van der Waals surface area contributed by atoms with Gasteiger partial charge in [0.1, 0.15) is 3.70 Å². The highest BCUT2D eigenvalue weighted by molar-refractivity contribution is 14.1. The van der Waals surface area contributed by atoms with Gasteiger partial charge in [-0.15, -0.1) is 0 Å². The molecular formula is C8H8F2INO. The van der Waals surface area contributed by atoms with Crippen molar-refractivity contribution in [3.63, 3.8) is 0 Å². The number of rotatable bonds is 2. The number of hydrogen-bond acceptors (Lipinski definition) is 2. The van der Waals surface area contributed by atoms with Crippen molar-refractivity contribution in [2.24, 2.45) is 0 Å². The molecule has 0 unspecified atom stereocenters. The van der Waals surface area contributed by atoms with Gasteiger partial charge in [0.2, 0.25) is 5.88 Å². The predicted molar refractivity (Wildman–Crippen MR) is 53.2 cm³/mol. The van der Waals surface area contributed by atoms with Gasteiger partial charge in [0.05, 0.1) is 12.7 Å². The minimum Gasteiger partial charge on any atom is -0.481 e. The van der Waals surface area contributed by atoms with Gasteiger partial charge in [-0.3, -0.25) is 0 Å². The minimum atomic E-state index is -2.54. The third-order valence-electron chi connectivity index (χ3n) is 1.61. The Morgan fingerprint density at radius 3 is 2.62 bits per heavy atom. The van der Waals surface area contributed by atoms with Gasteiger partial charge in [0.15, 0.2) is 0 Å². The summed E-state index contributed by atoms with van der Waals surface area (Å²) >= 11 is 1.96. The van der Waals surface area contributed by atoms with Gasteiger partial charge in [-0.2, -0.15) is 0 Å². The van der Waals surface area contributed by atoms with E-state index in [0.29, 0.717) is 9.26 Å². The molecule has 0 aliphatic heterocycles. The monoisotopic (exact) mass is 299 g/mol. The molecule has 2 nitrogen and oxygen atoms in total. The van der Waals surface area contributed by atoms with E-state index in [-0.39, 0.29) is 11.4 Å². The first-order valence-corrected chi connectivity index (χ1v) is 4.63. The van der Waals surface area contributed by atoms with Crippen LogP contribution in [0.25, 0.3) is 0 Å². The second-order valence-corrected chi connectivity index (χ2v) is 3.59. The van der Waals surface area contributed by atoms with E-state index in [1.165, 1.54) is 7.11 Å². The first kappa shape index (κ1) is 10.6. The second kappa shape index (κ2) is 4.17. The first-order chi connectivity index (χ1) is 6.06. The van der Waals surface area contributed by atoms with E-state index in [1.807, 2.05) is 22.6 Å². The molecule has 0 radical (unpaired) electrons. The fourth-order valence-corrected chi connectivity index (χ4v) is 1.72. The van der Waals surface area contributed by atoms with Gasteiger partial charge in [0, 0.05) is 0 Å². The minimum absolute atomic E-state index is 0.0133.